The molecule has 0 saturated carbocycles. The fraction of sp³-hybridized carbons (Fsp3) is 0.364. The second-order valence-corrected chi connectivity index (χ2v) is 4.35. The lowest BCUT2D eigenvalue weighted by molar-refractivity contribution is -0.137. The molecule has 0 bridgehead atoms. The van der Waals surface area contributed by atoms with Crippen molar-refractivity contribution in [3.8, 4) is 6.07 Å². The first-order chi connectivity index (χ1) is 8.10. The molecule has 0 aromatic carbocycles. The Labute approximate surface area is 104 Å². The molecule has 0 atom stereocenters. The molecule has 0 aliphatic carbocycles. The molecule has 6 heteroatoms. The summed E-state index contributed by atoms with van der Waals surface area (Å²) >= 11 is 1.20. The van der Waals surface area contributed by atoms with Crippen LogP contribution in [0.15, 0.2) is 17.3 Å². The molecule has 0 aliphatic rings. The van der Waals surface area contributed by atoms with E-state index in [9.17, 15) is 4.79 Å². The van der Waals surface area contributed by atoms with Crippen LogP contribution in [0, 0.1) is 11.3 Å². The number of anilines is 1. The Bertz CT molecular complexity index is 455. The van der Waals surface area contributed by atoms with Gasteiger partial charge in [0.25, 0.3) is 0 Å². The van der Waals surface area contributed by atoms with Crippen molar-refractivity contribution >= 4 is 23.4 Å². The summed E-state index contributed by atoms with van der Waals surface area (Å²) in [6, 6.07) is 3.87. The average Bonchev–Trinajstić information content (AvgIpc) is 2.34. The predicted octanol–water partition coefficient (Wildman–Crippen LogP) is 1.28. The first kappa shape index (κ1) is 13.3. The van der Waals surface area contributed by atoms with Crippen molar-refractivity contribution in [2.45, 2.75) is 5.03 Å². The van der Waals surface area contributed by atoms with Crippen molar-refractivity contribution in [3.05, 3.63) is 17.8 Å². The first-order valence-electron chi connectivity index (χ1n) is 4.86. The highest BCUT2D eigenvalue weighted by Crippen LogP contribution is 2.27. The minimum atomic E-state index is -0.337. The van der Waals surface area contributed by atoms with E-state index in [4.69, 9.17) is 5.26 Å². The van der Waals surface area contributed by atoms with Crippen molar-refractivity contribution in [1.29, 1.82) is 5.26 Å². The van der Waals surface area contributed by atoms with Crippen molar-refractivity contribution in [2.75, 3.05) is 31.9 Å². The molecule has 0 unspecified atom stereocenters. The van der Waals surface area contributed by atoms with Crippen LogP contribution >= 0.6 is 11.8 Å². The van der Waals surface area contributed by atoms with Crippen LogP contribution in [0.1, 0.15) is 5.56 Å². The number of pyridine rings is 1. The summed E-state index contributed by atoms with van der Waals surface area (Å²) in [6.07, 6.45) is 1.62. The van der Waals surface area contributed by atoms with E-state index in [2.05, 4.69) is 15.8 Å². The lowest BCUT2D eigenvalue weighted by atomic mass is 10.2. The van der Waals surface area contributed by atoms with Gasteiger partial charge in [0.15, 0.2) is 0 Å². The van der Waals surface area contributed by atoms with E-state index in [0.717, 1.165) is 5.69 Å². The monoisotopic (exact) mass is 251 g/mol. The Hall–Kier alpha value is -1.74. The molecule has 0 fully saturated rings. The van der Waals surface area contributed by atoms with Crippen molar-refractivity contribution in [1.82, 2.24) is 4.98 Å². The van der Waals surface area contributed by atoms with E-state index in [1.807, 2.05) is 19.0 Å². The smallest absolute Gasteiger partial charge is 0.316 e. The molecule has 17 heavy (non-hydrogen) atoms. The van der Waals surface area contributed by atoms with E-state index >= 15 is 0 Å². The molecule has 5 nitrogen and oxygen atoms in total. The van der Waals surface area contributed by atoms with Crippen LogP contribution in [0.2, 0.25) is 0 Å². The number of rotatable bonds is 4. The highest BCUT2D eigenvalue weighted by Gasteiger charge is 2.13. The SMILES string of the molecule is COC(=O)CSc1nccc(N(C)C)c1C#N. The van der Waals surface area contributed by atoms with Gasteiger partial charge in [0.2, 0.25) is 0 Å². The highest BCUT2D eigenvalue weighted by molar-refractivity contribution is 7.99. The number of thioether (sulfide) groups is 1. The molecule has 1 aromatic heterocycles. The van der Waals surface area contributed by atoms with E-state index < -0.39 is 0 Å². The van der Waals surface area contributed by atoms with Gasteiger partial charge in [-0.05, 0) is 6.07 Å². The Kier molecular flexibility index (Phi) is 4.79. The summed E-state index contributed by atoms with van der Waals surface area (Å²) < 4.78 is 4.54. The molecular weight excluding hydrogens is 238 g/mol. The Morgan fingerprint density at radius 2 is 2.35 bits per heavy atom. The average molecular weight is 251 g/mol. The number of esters is 1. The van der Waals surface area contributed by atoms with Gasteiger partial charge in [0.1, 0.15) is 16.7 Å². The Morgan fingerprint density at radius 1 is 1.65 bits per heavy atom. The fourth-order valence-corrected chi connectivity index (χ4v) is 2.01. The van der Waals surface area contributed by atoms with Crippen LogP contribution in [0.3, 0.4) is 0 Å². The molecule has 90 valence electrons. The summed E-state index contributed by atoms with van der Waals surface area (Å²) in [5, 5.41) is 9.67. The van der Waals surface area contributed by atoms with Gasteiger partial charge in [-0.15, -0.1) is 0 Å². The standard InChI is InChI=1S/C11H13N3O2S/c1-14(2)9-4-5-13-11(8(9)6-12)17-7-10(15)16-3/h4-5H,7H2,1-3H3. The Balaban J connectivity index is 2.96. The van der Waals surface area contributed by atoms with Crippen molar-refractivity contribution in [3.63, 3.8) is 0 Å². The van der Waals surface area contributed by atoms with Crippen molar-refractivity contribution in [2.24, 2.45) is 0 Å². The zero-order valence-corrected chi connectivity index (χ0v) is 10.7. The van der Waals surface area contributed by atoms with E-state index in [-0.39, 0.29) is 11.7 Å². The number of methoxy groups -OCH3 is 1. The minimum absolute atomic E-state index is 0.148. The number of nitrogens with zero attached hydrogens (tertiary/aromatic N) is 3. The van der Waals surface area contributed by atoms with Gasteiger partial charge >= 0.3 is 5.97 Å². The highest BCUT2D eigenvalue weighted by atomic mass is 32.2. The molecule has 0 saturated heterocycles. The third-order valence-electron chi connectivity index (χ3n) is 2.04. The summed E-state index contributed by atoms with van der Waals surface area (Å²) in [4.78, 5) is 17.0. The zero-order valence-electron chi connectivity index (χ0n) is 9.93. The summed E-state index contributed by atoms with van der Waals surface area (Å²) in [7, 11) is 5.04. The van der Waals surface area contributed by atoms with Gasteiger partial charge in [-0.3, -0.25) is 4.79 Å². The maximum absolute atomic E-state index is 11.0. The van der Waals surface area contributed by atoms with Gasteiger partial charge < -0.3 is 9.64 Å². The van der Waals surface area contributed by atoms with E-state index in [1.165, 1.54) is 18.9 Å². The third-order valence-corrected chi connectivity index (χ3v) is 3.01. The lowest BCUT2D eigenvalue weighted by Gasteiger charge is -2.15. The van der Waals surface area contributed by atoms with Crippen LogP contribution in [0.25, 0.3) is 0 Å². The number of nitriles is 1. The van der Waals surface area contributed by atoms with Crippen LogP contribution in [0.5, 0.6) is 0 Å². The molecule has 0 spiro atoms. The van der Waals surface area contributed by atoms with Gasteiger partial charge in [0, 0.05) is 20.3 Å². The topological polar surface area (TPSA) is 66.2 Å². The third kappa shape index (κ3) is 3.36. The molecule has 1 rings (SSSR count). The zero-order chi connectivity index (χ0) is 12.8. The van der Waals surface area contributed by atoms with Gasteiger partial charge in [-0.2, -0.15) is 5.26 Å². The molecule has 0 amide bonds. The van der Waals surface area contributed by atoms with E-state index in [0.29, 0.717) is 10.6 Å². The summed E-state index contributed by atoms with van der Waals surface area (Å²) in [5.41, 5.74) is 1.27. The fourth-order valence-electron chi connectivity index (χ4n) is 1.21. The molecule has 0 radical (unpaired) electrons. The number of hydrogen-bond acceptors (Lipinski definition) is 6. The van der Waals surface area contributed by atoms with Gasteiger partial charge in [-0.1, -0.05) is 11.8 Å². The number of hydrogen-bond donors (Lipinski definition) is 0. The molecule has 1 aromatic rings. The maximum Gasteiger partial charge on any atom is 0.316 e. The van der Waals surface area contributed by atoms with E-state index in [1.54, 1.807) is 12.3 Å². The number of ether oxygens (including phenoxy) is 1. The second kappa shape index (κ2) is 6.11. The molecule has 0 aliphatic heterocycles. The first-order valence-corrected chi connectivity index (χ1v) is 5.84. The largest absolute Gasteiger partial charge is 0.468 e. The van der Waals surface area contributed by atoms with Crippen LogP contribution < -0.4 is 4.90 Å². The van der Waals surface area contributed by atoms with Crippen LogP contribution in [-0.2, 0) is 9.53 Å². The van der Waals surface area contributed by atoms with Crippen LogP contribution in [-0.4, -0.2) is 37.9 Å². The van der Waals surface area contributed by atoms with Gasteiger partial charge in [0.05, 0.1) is 18.6 Å². The van der Waals surface area contributed by atoms with Gasteiger partial charge in [-0.25, -0.2) is 4.98 Å². The molecule has 0 N–H and O–H groups in total. The quantitative estimate of drug-likeness (QED) is 0.593. The lowest BCUT2D eigenvalue weighted by Crippen LogP contribution is -2.11. The number of aromatic nitrogens is 1. The maximum atomic E-state index is 11.0. The number of carbonyl (C=O) groups is 1. The Morgan fingerprint density at radius 3 is 2.88 bits per heavy atom. The minimum Gasteiger partial charge on any atom is -0.468 e. The summed E-state index contributed by atoms with van der Waals surface area (Å²) in [6.45, 7) is 0. The second-order valence-electron chi connectivity index (χ2n) is 3.38. The van der Waals surface area contributed by atoms with Crippen LogP contribution in [0.4, 0.5) is 5.69 Å². The number of carbonyl (C=O) groups excluding carboxylic acids is 1. The van der Waals surface area contributed by atoms with Crippen molar-refractivity contribution < 1.29 is 9.53 Å². The summed E-state index contributed by atoms with van der Waals surface area (Å²) in [5.74, 6) is -0.189. The predicted molar refractivity (Wildman–Crippen MR) is 66.0 cm³/mol. The molecule has 1 heterocycles. The normalized spacial score (nSPS) is 9.53. The molecular formula is C11H13N3O2S.